The number of likely N-dealkylation sites (tertiary alicyclic amines) is 1. The van der Waals surface area contributed by atoms with Crippen molar-refractivity contribution in [3.63, 3.8) is 0 Å². The second-order valence-electron chi connectivity index (χ2n) is 6.04. The Morgan fingerprint density at radius 1 is 1.43 bits per heavy atom. The van der Waals surface area contributed by atoms with Gasteiger partial charge in [-0.3, -0.25) is 9.79 Å². The standard InChI is InChI=1S/C15H24N4O2/c1-15(2)6-9-19(11-15)14(16-3)18-8-7-17-13(20)12-5-4-10-21-12/h4-5,10H,6-9,11H2,1-3H3,(H,16,18)(H,17,20). The number of nitrogens with one attached hydrogen (secondary N) is 2. The summed E-state index contributed by atoms with van der Waals surface area (Å²) in [7, 11) is 1.79. The van der Waals surface area contributed by atoms with E-state index in [4.69, 9.17) is 4.42 Å². The molecule has 1 aliphatic heterocycles. The first-order valence-electron chi connectivity index (χ1n) is 7.29. The van der Waals surface area contributed by atoms with Crippen molar-refractivity contribution in [2.45, 2.75) is 20.3 Å². The lowest BCUT2D eigenvalue weighted by Gasteiger charge is -2.23. The van der Waals surface area contributed by atoms with Crippen LogP contribution in [0.4, 0.5) is 0 Å². The molecule has 2 rings (SSSR count). The number of hydrogen-bond donors (Lipinski definition) is 2. The molecule has 1 fully saturated rings. The van der Waals surface area contributed by atoms with Crippen LogP contribution in [0.1, 0.15) is 30.8 Å². The van der Waals surface area contributed by atoms with E-state index in [1.807, 2.05) is 0 Å². The average Bonchev–Trinajstić information content (AvgIpc) is 3.08. The lowest BCUT2D eigenvalue weighted by molar-refractivity contribution is 0.0926. The van der Waals surface area contributed by atoms with Gasteiger partial charge in [0.05, 0.1) is 6.26 Å². The van der Waals surface area contributed by atoms with Gasteiger partial charge < -0.3 is 20.0 Å². The quantitative estimate of drug-likeness (QED) is 0.499. The largest absolute Gasteiger partial charge is 0.459 e. The van der Waals surface area contributed by atoms with Gasteiger partial charge >= 0.3 is 0 Å². The summed E-state index contributed by atoms with van der Waals surface area (Å²) in [6.07, 6.45) is 2.66. The fraction of sp³-hybridized carbons (Fsp3) is 0.600. The molecular formula is C15H24N4O2. The molecule has 6 nitrogen and oxygen atoms in total. The molecule has 6 heteroatoms. The number of amides is 1. The molecule has 0 bridgehead atoms. The Bertz CT molecular complexity index is 494. The predicted octanol–water partition coefficient (Wildman–Crippen LogP) is 1.32. The van der Waals surface area contributed by atoms with E-state index in [9.17, 15) is 4.79 Å². The molecule has 1 aromatic rings. The van der Waals surface area contributed by atoms with Crippen molar-refractivity contribution in [1.82, 2.24) is 15.5 Å². The van der Waals surface area contributed by atoms with Crippen molar-refractivity contribution in [2.75, 3.05) is 33.2 Å². The lowest BCUT2D eigenvalue weighted by Crippen LogP contribution is -2.43. The molecule has 0 atom stereocenters. The Morgan fingerprint density at radius 3 is 2.76 bits per heavy atom. The number of guanidine groups is 1. The second-order valence-corrected chi connectivity index (χ2v) is 6.04. The summed E-state index contributed by atoms with van der Waals surface area (Å²) < 4.78 is 5.03. The Hall–Kier alpha value is -1.98. The number of nitrogens with zero attached hydrogens (tertiary/aromatic N) is 2. The van der Waals surface area contributed by atoms with Crippen LogP contribution in [-0.2, 0) is 0 Å². The van der Waals surface area contributed by atoms with Crippen LogP contribution in [0, 0.1) is 5.41 Å². The molecule has 2 heterocycles. The lowest BCUT2D eigenvalue weighted by atomic mass is 9.93. The molecule has 0 saturated carbocycles. The monoisotopic (exact) mass is 292 g/mol. The van der Waals surface area contributed by atoms with Gasteiger partial charge in [0.1, 0.15) is 0 Å². The van der Waals surface area contributed by atoms with Crippen LogP contribution in [-0.4, -0.2) is 50.0 Å². The first kappa shape index (κ1) is 15.4. The van der Waals surface area contributed by atoms with Crippen molar-refractivity contribution in [2.24, 2.45) is 10.4 Å². The molecule has 21 heavy (non-hydrogen) atoms. The van der Waals surface area contributed by atoms with Gasteiger partial charge in [-0.25, -0.2) is 0 Å². The zero-order valence-electron chi connectivity index (χ0n) is 13.0. The third-order valence-electron chi connectivity index (χ3n) is 3.63. The van der Waals surface area contributed by atoms with Crippen molar-refractivity contribution in [3.05, 3.63) is 24.2 Å². The van der Waals surface area contributed by atoms with Crippen molar-refractivity contribution >= 4 is 11.9 Å². The minimum atomic E-state index is -0.195. The molecule has 1 saturated heterocycles. The Balaban J connectivity index is 1.71. The summed E-state index contributed by atoms with van der Waals surface area (Å²) in [4.78, 5) is 18.2. The minimum absolute atomic E-state index is 0.195. The fourth-order valence-corrected chi connectivity index (χ4v) is 2.47. The van der Waals surface area contributed by atoms with Gasteiger partial charge in [-0.2, -0.15) is 0 Å². The third kappa shape index (κ3) is 4.24. The van der Waals surface area contributed by atoms with Gasteiger partial charge in [0.25, 0.3) is 5.91 Å². The van der Waals surface area contributed by atoms with Gasteiger partial charge in [0.15, 0.2) is 11.7 Å². The highest BCUT2D eigenvalue weighted by molar-refractivity contribution is 5.91. The minimum Gasteiger partial charge on any atom is -0.459 e. The van der Waals surface area contributed by atoms with Gasteiger partial charge in [0.2, 0.25) is 0 Å². The molecule has 0 unspecified atom stereocenters. The van der Waals surface area contributed by atoms with Gasteiger partial charge in [0, 0.05) is 33.2 Å². The molecule has 1 aromatic heterocycles. The van der Waals surface area contributed by atoms with Gasteiger partial charge in [-0.05, 0) is 24.0 Å². The number of carbonyl (C=O) groups excluding carboxylic acids is 1. The van der Waals surface area contributed by atoms with E-state index in [1.165, 1.54) is 12.7 Å². The Kier molecular flexibility index (Phi) is 4.88. The number of aliphatic imine (C=N–C) groups is 1. The normalized spacial score (nSPS) is 17.9. The summed E-state index contributed by atoms with van der Waals surface area (Å²) in [5.74, 6) is 1.03. The van der Waals surface area contributed by atoms with E-state index in [2.05, 4.69) is 34.4 Å². The molecule has 0 aliphatic carbocycles. The van der Waals surface area contributed by atoms with Crippen LogP contribution in [0.3, 0.4) is 0 Å². The molecule has 2 N–H and O–H groups in total. The van der Waals surface area contributed by atoms with Crippen LogP contribution >= 0.6 is 0 Å². The Morgan fingerprint density at radius 2 is 2.19 bits per heavy atom. The van der Waals surface area contributed by atoms with Crippen LogP contribution in [0.5, 0.6) is 0 Å². The smallest absolute Gasteiger partial charge is 0.287 e. The fourth-order valence-electron chi connectivity index (χ4n) is 2.47. The first-order valence-corrected chi connectivity index (χ1v) is 7.29. The topological polar surface area (TPSA) is 69.9 Å². The number of carbonyl (C=O) groups is 1. The maximum atomic E-state index is 11.7. The van der Waals surface area contributed by atoms with E-state index in [0.29, 0.717) is 24.3 Å². The van der Waals surface area contributed by atoms with Gasteiger partial charge in [-0.15, -0.1) is 0 Å². The van der Waals surface area contributed by atoms with Gasteiger partial charge in [-0.1, -0.05) is 13.8 Å². The van der Waals surface area contributed by atoms with Crippen LogP contribution in [0.15, 0.2) is 27.8 Å². The molecular weight excluding hydrogens is 268 g/mol. The van der Waals surface area contributed by atoms with Crippen LogP contribution in [0.2, 0.25) is 0 Å². The summed E-state index contributed by atoms with van der Waals surface area (Å²) in [5, 5.41) is 6.08. The van der Waals surface area contributed by atoms with E-state index < -0.39 is 0 Å². The van der Waals surface area contributed by atoms with Crippen molar-refractivity contribution in [1.29, 1.82) is 0 Å². The summed E-state index contributed by atoms with van der Waals surface area (Å²) in [5.41, 5.74) is 0.338. The number of hydrogen-bond acceptors (Lipinski definition) is 3. The predicted molar refractivity (Wildman–Crippen MR) is 82.4 cm³/mol. The highest BCUT2D eigenvalue weighted by Crippen LogP contribution is 2.28. The molecule has 116 valence electrons. The van der Waals surface area contributed by atoms with Crippen molar-refractivity contribution in [3.8, 4) is 0 Å². The maximum Gasteiger partial charge on any atom is 0.287 e. The number of furan rings is 1. The zero-order valence-corrected chi connectivity index (χ0v) is 13.0. The molecule has 0 radical (unpaired) electrons. The highest BCUT2D eigenvalue weighted by Gasteiger charge is 2.30. The van der Waals surface area contributed by atoms with E-state index in [-0.39, 0.29) is 5.91 Å². The zero-order chi connectivity index (χ0) is 15.3. The van der Waals surface area contributed by atoms with Crippen LogP contribution < -0.4 is 10.6 Å². The first-order chi connectivity index (χ1) is 10.0. The molecule has 0 spiro atoms. The highest BCUT2D eigenvalue weighted by atomic mass is 16.3. The SMILES string of the molecule is CN=C(NCCNC(=O)c1ccco1)N1CCC(C)(C)C1. The second kappa shape index (κ2) is 6.65. The molecule has 0 aromatic carbocycles. The summed E-state index contributed by atoms with van der Waals surface area (Å²) >= 11 is 0. The molecule has 1 aliphatic rings. The molecule has 1 amide bonds. The summed E-state index contributed by atoms with van der Waals surface area (Å²) in [6, 6.07) is 3.35. The van der Waals surface area contributed by atoms with E-state index in [1.54, 1.807) is 19.2 Å². The average molecular weight is 292 g/mol. The van der Waals surface area contributed by atoms with Crippen LogP contribution in [0.25, 0.3) is 0 Å². The maximum absolute atomic E-state index is 11.7. The van der Waals surface area contributed by atoms with E-state index >= 15 is 0 Å². The number of rotatable bonds is 4. The Labute approximate surface area is 125 Å². The summed E-state index contributed by atoms with van der Waals surface area (Å²) in [6.45, 7) is 7.72. The van der Waals surface area contributed by atoms with E-state index in [0.717, 1.165) is 19.0 Å². The van der Waals surface area contributed by atoms with Crippen molar-refractivity contribution < 1.29 is 9.21 Å². The third-order valence-corrected chi connectivity index (χ3v) is 3.63.